The van der Waals surface area contributed by atoms with Gasteiger partial charge < -0.3 is 28.9 Å². The molecule has 9 heteroatoms. The first-order valence-electron chi connectivity index (χ1n) is 10.2. The highest BCUT2D eigenvalue weighted by molar-refractivity contribution is 5.78. The maximum atomic E-state index is 12.6. The molecular weight excluding hydrogens is 386 g/mol. The molecule has 2 aliphatic rings. The van der Waals surface area contributed by atoms with Gasteiger partial charge in [0.15, 0.2) is 23.9 Å². The first-order chi connectivity index (χ1) is 14.7. The molecule has 9 nitrogen and oxygen atoms in total. The van der Waals surface area contributed by atoms with Crippen molar-refractivity contribution in [1.29, 1.82) is 0 Å². The molecule has 0 N–H and O–H groups in total. The Hall–Kier alpha value is -3.07. The van der Waals surface area contributed by atoms with Gasteiger partial charge in [-0.1, -0.05) is 12.1 Å². The van der Waals surface area contributed by atoms with Gasteiger partial charge in [0.05, 0.1) is 32.2 Å². The summed E-state index contributed by atoms with van der Waals surface area (Å²) in [6, 6.07) is 9.40. The molecule has 30 heavy (non-hydrogen) atoms. The molecule has 0 aliphatic carbocycles. The van der Waals surface area contributed by atoms with Crippen molar-refractivity contribution in [3.8, 4) is 11.5 Å². The SMILES string of the molecule is COc1ccccc1OCC(=O)N1CCN(c2cc(N3CCOCC3)cnn2)CC1. The maximum Gasteiger partial charge on any atom is 0.260 e. The molecule has 2 fully saturated rings. The zero-order valence-electron chi connectivity index (χ0n) is 17.2. The van der Waals surface area contributed by atoms with Crippen LogP contribution in [0.5, 0.6) is 11.5 Å². The number of piperazine rings is 1. The summed E-state index contributed by atoms with van der Waals surface area (Å²) in [4.78, 5) is 18.8. The Morgan fingerprint density at radius 2 is 1.77 bits per heavy atom. The van der Waals surface area contributed by atoms with Crippen molar-refractivity contribution in [3.63, 3.8) is 0 Å². The van der Waals surface area contributed by atoms with Gasteiger partial charge in [0.1, 0.15) is 0 Å². The Balaban J connectivity index is 1.30. The van der Waals surface area contributed by atoms with Crippen molar-refractivity contribution in [2.45, 2.75) is 0 Å². The van der Waals surface area contributed by atoms with E-state index in [1.165, 1.54) is 0 Å². The highest BCUT2D eigenvalue weighted by Gasteiger charge is 2.23. The summed E-state index contributed by atoms with van der Waals surface area (Å²) < 4.78 is 16.3. The summed E-state index contributed by atoms with van der Waals surface area (Å²) in [5, 5.41) is 8.48. The summed E-state index contributed by atoms with van der Waals surface area (Å²) in [7, 11) is 1.58. The van der Waals surface area contributed by atoms with Crippen LogP contribution in [0.25, 0.3) is 0 Å². The minimum atomic E-state index is -0.0336. The van der Waals surface area contributed by atoms with Crippen molar-refractivity contribution < 1.29 is 19.0 Å². The van der Waals surface area contributed by atoms with E-state index in [-0.39, 0.29) is 12.5 Å². The Kier molecular flexibility index (Phi) is 6.48. The van der Waals surface area contributed by atoms with Gasteiger partial charge in [0.25, 0.3) is 5.91 Å². The zero-order chi connectivity index (χ0) is 20.8. The summed E-state index contributed by atoms with van der Waals surface area (Å²) >= 11 is 0. The van der Waals surface area contributed by atoms with E-state index in [1.54, 1.807) is 19.4 Å². The quantitative estimate of drug-likeness (QED) is 0.695. The molecule has 0 radical (unpaired) electrons. The lowest BCUT2D eigenvalue weighted by molar-refractivity contribution is -0.133. The number of methoxy groups -OCH3 is 1. The number of morpholine rings is 1. The fourth-order valence-corrected chi connectivity index (χ4v) is 3.65. The summed E-state index contributed by atoms with van der Waals surface area (Å²) in [6.45, 7) is 5.84. The molecule has 0 bridgehead atoms. The minimum absolute atomic E-state index is 0.00725. The van der Waals surface area contributed by atoms with E-state index < -0.39 is 0 Å². The predicted molar refractivity (Wildman–Crippen MR) is 112 cm³/mol. The van der Waals surface area contributed by atoms with Crippen molar-refractivity contribution in [2.75, 3.05) is 76.0 Å². The molecule has 0 saturated carbocycles. The molecule has 2 aromatic rings. The second kappa shape index (κ2) is 9.62. The maximum absolute atomic E-state index is 12.6. The number of ether oxygens (including phenoxy) is 3. The van der Waals surface area contributed by atoms with Crippen LogP contribution in [0.2, 0.25) is 0 Å². The fraction of sp³-hybridized carbons (Fsp3) is 0.476. The van der Waals surface area contributed by atoms with Gasteiger partial charge in [-0.05, 0) is 12.1 Å². The standard InChI is InChI=1S/C21H27N5O4/c1-28-18-4-2-3-5-19(18)30-16-21(27)26-8-6-25(7-9-26)20-14-17(15-22-23-20)24-10-12-29-13-11-24/h2-5,14-15H,6-13,16H2,1H3. The largest absolute Gasteiger partial charge is 0.493 e. The third kappa shape index (κ3) is 4.73. The number of carbonyl (C=O) groups excluding carboxylic acids is 1. The van der Waals surface area contributed by atoms with Crippen LogP contribution in [0, 0.1) is 0 Å². The van der Waals surface area contributed by atoms with Gasteiger partial charge >= 0.3 is 0 Å². The topological polar surface area (TPSA) is 80.3 Å². The summed E-state index contributed by atoms with van der Waals surface area (Å²) in [5.74, 6) is 2.00. The number of hydrogen-bond donors (Lipinski definition) is 0. The number of carbonyl (C=O) groups is 1. The van der Waals surface area contributed by atoms with E-state index in [1.807, 2.05) is 23.1 Å². The number of para-hydroxylation sites is 2. The van der Waals surface area contributed by atoms with Crippen LogP contribution < -0.4 is 19.3 Å². The molecule has 0 unspecified atom stereocenters. The number of nitrogens with zero attached hydrogens (tertiary/aromatic N) is 5. The van der Waals surface area contributed by atoms with Crippen LogP contribution in [0.15, 0.2) is 36.5 Å². The summed E-state index contributed by atoms with van der Waals surface area (Å²) in [5.41, 5.74) is 1.06. The highest BCUT2D eigenvalue weighted by Crippen LogP contribution is 2.26. The molecule has 1 aromatic heterocycles. The summed E-state index contributed by atoms with van der Waals surface area (Å²) in [6.07, 6.45) is 1.80. The number of amides is 1. The van der Waals surface area contributed by atoms with Crippen LogP contribution in [-0.4, -0.2) is 87.2 Å². The molecule has 2 saturated heterocycles. The lowest BCUT2D eigenvalue weighted by Gasteiger charge is -2.35. The molecular formula is C21H27N5O4. The first kappa shape index (κ1) is 20.2. The first-order valence-corrected chi connectivity index (χ1v) is 10.2. The lowest BCUT2D eigenvalue weighted by Crippen LogP contribution is -2.50. The average molecular weight is 413 g/mol. The molecule has 1 aromatic carbocycles. The smallest absolute Gasteiger partial charge is 0.260 e. The van der Waals surface area contributed by atoms with Crippen molar-refractivity contribution in [3.05, 3.63) is 36.5 Å². The van der Waals surface area contributed by atoms with E-state index in [2.05, 4.69) is 26.1 Å². The number of hydrogen-bond acceptors (Lipinski definition) is 8. The lowest BCUT2D eigenvalue weighted by atomic mass is 10.3. The van der Waals surface area contributed by atoms with Crippen molar-refractivity contribution in [1.82, 2.24) is 15.1 Å². The fourth-order valence-electron chi connectivity index (χ4n) is 3.65. The van der Waals surface area contributed by atoms with Gasteiger partial charge in [-0.25, -0.2) is 0 Å². The third-order valence-corrected chi connectivity index (χ3v) is 5.38. The van der Waals surface area contributed by atoms with Crippen LogP contribution in [0.3, 0.4) is 0 Å². The van der Waals surface area contributed by atoms with Crippen LogP contribution in [-0.2, 0) is 9.53 Å². The Bertz CT molecular complexity index is 851. The Morgan fingerprint density at radius 1 is 1.03 bits per heavy atom. The van der Waals surface area contributed by atoms with Crippen LogP contribution >= 0.6 is 0 Å². The third-order valence-electron chi connectivity index (χ3n) is 5.38. The van der Waals surface area contributed by atoms with Gasteiger partial charge in [0, 0.05) is 45.3 Å². The molecule has 0 spiro atoms. The molecule has 2 aliphatic heterocycles. The molecule has 4 rings (SSSR count). The van der Waals surface area contributed by atoms with Gasteiger partial charge in [-0.15, -0.1) is 5.10 Å². The Morgan fingerprint density at radius 3 is 2.50 bits per heavy atom. The number of aromatic nitrogens is 2. The highest BCUT2D eigenvalue weighted by atomic mass is 16.5. The van der Waals surface area contributed by atoms with E-state index in [0.29, 0.717) is 37.7 Å². The zero-order valence-corrected chi connectivity index (χ0v) is 17.2. The van der Waals surface area contributed by atoms with Gasteiger partial charge in [0.2, 0.25) is 0 Å². The second-order valence-corrected chi connectivity index (χ2v) is 7.18. The van der Waals surface area contributed by atoms with Gasteiger partial charge in [-0.2, -0.15) is 5.10 Å². The number of benzene rings is 1. The van der Waals surface area contributed by atoms with Crippen LogP contribution in [0.4, 0.5) is 11.5 Å². The van der Waals surface area contributed by atoms with Crippen molar-refractivity contribution in [2.24, 2.45) is 0 Å². The van der Waals surface area contributed by atoms with E-state index in [0.717, 1.165) is 37.8 Å². The van der Waals surface area contributed by atoms with E-state index in [4.69, 9.17) is 14.2 Å². The number of anilines is 2. The van der Waals surface area contributed by atoms with Crippen molar-refractivity contribution >= 4 is 17.4 Å². The Labute approximate surface area is 176 Å². The molecule has 160 valence electrons. The predicted octanol–water partition coefficient (Wildman–Crippen LogP) is 1.05. The second-order valence-electron chi connectivity index (χ2n) is 7.18. The average Bonchev–Trinajstić information content (AvgIpc) is 2.83. The van der Waals surface area contributed by atoms with E-state index >= 15 is 0 Å². The molecule has 1 amide bonds. The molecule has 3 heterocycles. The minimum Gasteiger partial charge on any atom is -0.493 e. The monoisotopic (exact) mass is 413 g/mol. The normalized spacial score (nSPS) is 17.0. The van der Waals surface area contributed by atoms with E-state index in [9.17, 15) is 4.79 Å². The van der Waals surface area contributed by atoms with Gasteiger partial charge in [-0.3, -0.25) is 4.79 Å². The van der Waals surface area contributed by atoms with Crippen LogP contribution in [0.1, 0.15) is 0 Å². The molecule has 0 atom stereocenters. The number of rotatable bonds is 6.